The van der Waals surface area contributed by atoms with E-state index in [1.54, 1.807) is 6.07 Å². The average molecular weight is 319 g/mol. The molecule has 2 N–H and O–H groups in total. The van der Waals surface area contributed by atoms with Gasteiger partial charge in [0.25, 0.3) is 0 Å². The summed E-state index contributed by atoms with van der Waals surface area (Å²) < 4.78 is 1.08. The smallest absolute Gasteiger partial charge is 0.412 e. The minimum atomic E-state index is -1.01. The van der Waals surface area contributed by atoms with Gasteiger partial charge < -0.3 is 10.2 Å². The van der Waals surface area contributed by atoms with Crippen molar-refractivity contribution in [3.05, 3.63) is 27.3 Å². The van der Waals surface area contributed by atoms with Crippen LogP contribution in [0.15, 0.2) is 18.2 Å². The predicted molar refractivity (Wildman–Crippen MR) is 64.2 cm³/mol. The Kier molecular flexibility index (Phi) is 2.83. The van der Waals surface area contributed by atoms with Crippen molar-refractivity contribution in [2.45, 2.75) is 12.5 Å². The molecule has 1 aromatic rings. The normalized spacial score (nSPS) is 19.1. The van der Waals surface area contributed by atoms with Crippen molar-refractivity contribution in [1.29, 1.82) is 0 Å². The molecule has 2 rings (SSSR count). The van der Waals surface area contributed by atoms with Crippen molar-refractivity contribution < 1.29 is 15.0 Å². The van der Waals surface area contributed by atoms with E-state index in [1.807, 2.05) is 12.1 Å². The first-order valence-corrected chi connectivity index (χ1v) is 5.63. The Labute approximate surface area is 101 Å². The van der Waals surface area contributed by atoms with Crippen molar-refractivity contribution in [1.82, 2.24) is 0 Å². The lowest BCUT2D eigenvalue weighted by Gasteiger charge is -2.20. The standard InChI is InChI=1S/C10H10INO3/c11-7-1-2-9-6(3-7)4-8(5-13)12(9)10(14)15/h1-3,8,13H,4-5H2,(H,14,15). The maximum Gasteiger partial charge on any atom is 0.412 e. The highest BCUT2D eigenvalue weighted by Gasteiger charge is 2.33. The van der Waals surface area contributed by atoms with Crippen LogP contribution >= 0.6 is 22.6 Å². The number of anilines is 1. The summed E-state index contributed by atoms with van der Waals surface area (Å²) in [6.07, 6.45) is -0.413. The van der Waals surface area contributed by atoms with Gasteiger partial charge in [-0.05, 0) is 52.8 Å². The lowest BCUT2D eigenvalue weighted by Crippen LogP contribution is -2.38. The lowest BCUT2D eigenvalue weighted by atomic mass is 10.1. The molecule has 4 nitrogen and oxygen atoms in total. The number of aliphatic hydroxyl groups excluding tert-OH is 1. The molecule has 0 aromatic heterocycles. The van der Waals surface area contributed by atoms with Gasteiger partial charge in [-0.15, -0.1) is 0 Å². The minimum Gasteiger partial charge on any atom is -0.465 e. The third-order valence-electron chi connectivity index (χ3n) is 2.54. The molecule has 1 unspecified atom stereocenters. The van der Waals surface area contributed by atoms with Gasteiger partial charge in [0.2, 0.25) is 0 Å². The van der Waals surface area contributed by atoms with E-state index < -0.39 is 6.09 Å². The fourth-order valence-corrected chi connectivity index (χ4v) is 2.46. The number of hydrogen-bond donors (Lipinski definition) is 2. The van der Waals surface area contributed by atoms with E-state index in [2.05, 4.69) is 22.6 Å². The Bertz CT molecular complexity index is 408. The summed E-state index contributed by atoms with van der Waals surface area (Å²) in [6, 6.07) is 5.29. The molecule has 0 spiro atoms. The van der Waals surface area contributed by atoms with Crippen LogP contribution in [0.1, 0.15) is 5.56 Å². The quantitative estimate of drug-likeness (QED) is 0.775. The molecular formula is C10H10INO3. The molecule has 1 heterocycles. The summed E-state index contributed by atoms with van der Waals surface area (Å²) >= 11 is 2.19. The van der Waals surface area contributed by atoms with Crippen LogP contribution in [0, 0.1) is 3.57 Å². The largest absolute Gasteiger partial charge is 0.465 e. The maximum absolute atomic E-state index is 11.0. The number of benzene rings is 1. The van der Waals surface area contributed by atoms with E-state index in [0.29, 0.717) is 12.1 Å². The average Bonchev–Trinajstić information content (AvgIpc) is 2.54. The summed E-state index contributed by atoms with van der Waals surface area (Å²) in [4.78, 5) is 12.3. The molecule has 15 heavy (non-hydrogen) atoms. The first kappa shape index (κ1) is 10.7. The number of aliphatic hydroxyl groups is 1. The van der Waals surface area contributed by atoms with Gasteiger partial charge in [0.1, 0.15) is 0 Å². The third-order valence-corrected chi connectivity index (χ3v) is 3.21. The van der Waals surface area contributed by atoms with Gasteiger partial charge in [0.15, 0.2) is 0 Å². The number of nitrogens with zero attached hydrogens (tertiary/aromatic N) is 1. The molecule has 1 aliphatic rings. The van der Waals surface area contributed by atoms with Crippen LogP contribution in [0.25, 0.3) is 0 Å². The first-order chi connectivity index (χ1) is 7.13. The fraction of sp³-hybridized carbons (Fsp3) is 0.300. The molecule has 5 heteroatoms. The summed E-state index contributed by atoms with van der Waals surface area (Å²) in [7, 11) is 0. The Morgan fingerprint density at radius 1 is 1.60 bits per heavy atom. The minimum absolute atomic E-state index is 0.141. The molecule has 0 radical (unpaired) electrons. The zero-order valence-corrected chi connectivity index (χ0v) is 10.0. The molecule has 0 bridgehead atoms. The predicted octanol–water partition coefficient (Wildman–Crippen LogP) is 1.69. The van der Waals surface area contributed by atoms with Crippen LogP contribution in [-0.2, 0) is 6.42 Å². The fourth-order valence-electron chi connectivity index (χ4n) is 1.90. The monoisotopic (exact) mass is 319 g/mol. The Hall–Kier alpha value is -0.820. The molecule has 1 aromatic carbocycles. The highest BCUT2D eigenvalue weighted by atomic mass is 127. The second-order valence-corrected chi connectivity index (χ2v) is 4.71. The Morgan fingerprint density at radius 2 is 2.33 bits per heavy atom. The van der Waals surface area contributed by atoms with Crippen molar-refractivity contribution in [2.75, 3.05) is 11.5 Å². The molecule has 0 saturated heterocycles. The number of carbonyl (C=O) groups is 1. The van der Waals surface area contributed by atoms with E-state index in [4.69, 9.17) is 10.2 Å². The summed E-state index contributed by atoms with van der Waals surface area (Å²) in [6.45, 7) is -0.141. The van der Waals surface area contributed by atoms with Crippen LogP contribution in [0.5, 0.6) is 0 Å². The van der Waals surface area contributed by atoms with Crippen LogP contribution < -0.4 is 4.90 Å². The Morgan fingerprint density at radius 3 is 2.93 bits per heavy atom. The van der Waals surface area contributed by atoms with Gasteiger partial charge in [0, 0.05) is 3.57 Å². The van der Waals surface area contributed by atoms with Gasteiger partial charge >= 0.3 is 6.09 Å². The number of rotatable bonds is 1. The van der Waals surface area contributed by atoms with E-state index in [9.17, 15) is 4.79 Å². The number of fused-ring (bicyclic) bond motifs is 1. The molecule has 1 amide bonds. The van der Waals surface area contributed by atoms with Gasteiger partial charge in [-0.25, -0.2) is 4.79 Å². The molecular weight excluding hydrogens is 309 g/mol. The van der Waals surface area contributed by atoms with Crippen LogP contribution in [0.4, 0.5) is 10.5 Å². The number of carboxylic acid groups (broad SMARTS) is 1. The van der Waals surface area contributed by atoms with E-state index >= 15 is 0 Å². The van der Waals surface area contributed by atoms with Gasteiger partial charge in [-0.1, -0.05) is 0 Å². The van der Waals surface area contributed by atoms with Crippen molar-refractivity contribution in [3.63, 3.8) is 0 Å². The van der Waals surface area contributed by atoms with Gasteiger partial charge in [0.05, 0.1) is 18.3 Å². The van der Waals surface area contributed by atoms with Crippen molar-refractivity contribution in [2.24, 2.45) is 0 Å². The molecule has 0 aliphatic carbocycles. The number of amides is 1. The summed E-state index contributed by atoms with van der Waals surface area (Å²) in [5.41, 5.74) is 1.69. The zero-order valence-electron chi connectivity index (χ0n) is 7.85. The molecule has 1 aliphatic heterocycles. The van der Waals surface area contributed by atoms with Crippen molar-refractivity contribution in [3.8, 4) is 0 Å². The first-order valence-electron chi connectivity index (χ1n) is 4.55. The molecule has 1 atom stereocenters. The third kappa shape index (κ3) is 1.81. The molecule has 0 saturated carbocycles. The lowest BCUT2D eigenvalue weighted by molar-refractivity contribution is 0.192. The van der Waals surface area contributed by atoms with E-state index in [-0.39, 0.29) is 12.6 Å². The second kappa shape index (κ2) is 3.97. The maximum atomic E-state index is 11.0. The topological polar surface area (TPSA) is 60.8 Å². The summed E-state index contributed by atoms with van der Waals surface area (Å²) in [5, 5.41) is 18.2. The van der Waals surface area contributed by atoms with Gasteiger partial charge in [-0.2, -0.15) is 0 Å². The van der Waals surface area contributed by atoms with Crippen LogP contribution in [0.3, 0.4) is 0 Å². The SMILES string of the molecule is O=C(O)N1c2ccc(I)cc2CC1CO. The number of halogens is 1. The zero-order chi connectivity index (χ0) is 11.0. The number of hydrogen-bond acceptors (Lipinski definition) is 2. The van der Waals surface area contributed by atoms with Crippen LogP contribution in [0.2, 0.25) is 0 Å². The second-order valence-electron chi connectivity index (χ2n) is 3.47. The van der Waals surface area contributed by atoms with Crippen molar-refractivity contribution >= 4 is 34.4 Å². The highest BCUT2D eigenvalue weighted by Crippen LogP contribution is 2.33. The highest BCUT2D eigenvalue weighted by molar-refractivity contribution is 14.1. The van der Waals surface area contributed by atoms with Gasteiger partial charge in [-0.3, -0.25) is 4.90 Å². The Balaban J connectivity index is 2.44. The summed E-state index contributed by atoms with van der Waals surface area (Å²) in [5.74, 6) is 0. The van der Waals surface area contributed by atoms with E-state index in [1.165, 1.54) is 4.90 Å². The molecule has 0 fully saturated rings. The van der Waals surface area contributed by atoms with Crippen LogP contribution in [-0.4, -0.2) is 29.0 Å². The van der Waals surface area contributed by atoms with E-state index in [0.717, 1.165) is 9.13 Å². The molecule has 80 valence electrons.